The van der Waals surface area contributed by atoms with Crippen molar-refractivity contribution in [2.75, 3.05) is 0 Å². The molecule has 0 radical (unpaired) electrons. The van der Waals surface area contributed by atoms with Gasteiger partial charge in [0.05, 0.1) is 6.26 Å². The Morgan fingerprint density at radius 1 is 1.31 bits per heavy atom. The van der Waals surface area contributed by atoms with Crippen LogP contribution in [0.2, 0.25) is 0 Å². The predicted molar refractivity (Wildman–Crippen MR) is 59.1 cm³/mol. The third kappa shape index (κ3) is 1.58. The zero-order valence-corrected chi connectivity index (χ0v) is 9.59. The molecule has 1 heterocycles. The maximum atomic E-state index is 10.6. The van der Waals surface area contributed by atoms with Gasteiger partial charge in [-0.25, -0.2) is 0 Å². The van der Waals surface area contributed by atoms with E-state index < -0.39 is 5.97 Å². The molecule has 0 N–H and O–H groups in total. The zero-order valence-electron chi connectivity index (χ0n) is 9.59. The van der Waals surface area contributed by atoms with E-state index in [1.165, 1.54) is 6.26 Å². The van der Waals surface area contributed by atoms with E-state index in [1.54, 1.807) is 0 Å². The Morgan fingerprint density at radius 2 is 2.00 bits per heavy atom. The van der Waals surface area contributed by atoms with Crippen LogP contribution in [-0.2, 0) is 11.2 Å². The van der Waals surface area contributed by atoms with Crippen molar-refractivity contribution >= 4 is 16.9 Å². The number of carbonyl (C=O) groups is 1. The lowest BCUT2D eigenvalue weighted by molar-refractivity contribution is -0.304. The molecule has 0 aliphatic carbocycles. The van der Waals surface area contributed by atoms with Crippen LogP contribution in [0.1, 0.15) is 22.3 Å². The number of fused-ring (bicyclic) bond motifs is 1. The lowest BCUT2D eigenvalue weighted by Crippen LogP contribution is -2.24. The van der Waals surface area contributed by atoms with Gasteiger partial charge in [0.1, 0.15) is 5.58 Å². The first-order valence-corrected chi connectivity index (χ1v) is 5.17. The second kappa shape index (κ2) is 3.67. The van der Waals surface area contributed by atoms with Gasteiger partial charge in [0.15, 0.2) is 0 Å². The van der Waals surface area contributed by atoms with Gasteiger partial charge in [-0.1, -0.05) is 6.07 Å². The average molecular weight is 217 g/mol. The molecule has 0 bridgehead atoms. The van der Waals surface area contributed by atoms with Crippen LogP contribution < -0.4 is 5.11 Å². The van der Waals surface area contributed by atoms with Gasteiger partial charge in [0.2, 0.25) is 0 Å². The van der Waals surface area contributed by atoms with Crippen LogP contribution in [-0.4, -0.2) is 5.97 Å². The lowest BCUT2D eigenvalue weighted by atomic mass is 9.99. The van der Waals surface area contributed by atoms with Crippen molar-refractivity contribution in [3.05, 3.63) is 34.6 Å². The smallest absolute Gasteiger partial charge is 0.137 e. The van der Waals surface area contributed by atoms with Gasteiger partial charge >= 0.3 is 0 Å². The van der Waals surface area contributed by atoms with Gasteiger partial charge in [0.25, 0.3) is 0 Å². The zero-order chi connectivity index (χ0) is 11.9. The molecule has 0 saturated carbocycles. The van der Waals surface area contributed by atoms with Crippen molar-refractivity contribution in [1.29, 1.82) is 0 Å². The van der Waals surface area contributed by atoms with Crippen LogP contribution in [0.3, 0.4) is 0 Å². The monoisotopic (exact) mass is 217 g/mol. The van der Waals surface area contributed by atoms with Gasteiger partial charge in [0, 0.05) is 23.3 Å². The number of carboxylic acid groups (broad SMARTS) is 1. The Balaban J connectivity index is 2.72. The number of aryl methyl sites for hydroxylation is 3. The second-order valence-electron chi connectivity index (χ2n) is 4.15. The molecule has 84 valence electrons. The molecule has 0 spiro atoms. The summed E-state index contributed by atoms with van der Waals surface area (Å²) >= 11 is 0. The molecule has 0 aliphatic rings. The average Bonchev–Trinajstić information content (AvgIpc) is 2.58. The summed E-state index contributed by atoms with van der Waals surface area (Å²) in [4.78, 5) is 10.6. The highest BCUT2D eigenvalue weighted by Crippen LogP contribution is 2.29. The Morgan fingerprint density at radius 3 is 2.62 bits per heavy atom. The molecule has 3 heteroatoms. The highest BCUT2D eigenvalue weighted by molar-refractivity contribution is 5.90. The fourth-order valence-corrected chi connectivity index (χ4v) is 2.07. The summed E-state index contributed by atoms with van der Waals surface area (Å²) in [6.07, 6.45) is 1.41. The molecule has 0 atom stereocenters. The molecule has 2 aromatic rings. The summed E-state index contributed by atoms with van der Waals surface area (Å²) in [6, 6.07) is 2.05. The fourth-order valence-electron chi connectivity index (χ4n) is 2.07. The standard InChI is InChI=1S/C13H14O3/c1-7-4-8(2)12-10(5-11(14)15)6-16-13(12)9(7)3/h4,6H,5H2,1-3H3,(H,14,15)/p-1. The first-order valence-electron chi connectivity index (χ1n) is 5.17. The van der Waals surface area contributed by atoms with E-state index >= 15 is 0 Å². The van der Waals surface area contributed by atoms with Crippen molar-refractivity contribution < 1.29 is 14.3 Å². The van der Waals surface area contributed by atoms with Crippen molar-refractivity contribution in [1.82, 2.24) is 0 Å². The largest absolute Gasteiger partial charge is 0.550 e. The Hall–Kier alpha value is -1.77. The van der Waals surface area contributed by atoms with Gasteiger partial charge in [-0.05, 0) is 37.5 Å². The number of carboxylic acids is 1. The van der Waals surface area contributed by atoms with Crippen LogP contribution >= 0.6 is 0 Å². The molecule has 3 nitrogen and oxygen atoms in total. The van der Waals surface area contributed by atoms with Crippen LogP contribution in [0, 0.1) is 20.8 Å². The van der Waals surface area contributed by atoms with Crippen LogP contribution in [0.25, 0.3) is 11.0 Å². The molecule has 2 rings (SSSR count). The van der Waals surface area contributed by atoms with Gasteiger partial charge in [-0.2, -0.15) is 0 Å². The summed E-state index contributed by atoms with van der Waals surface area (Å²) in [5.41, 5.74) is 4.73. The SMILES string of the molecule is Cc1cc(C)c2c(CC(=O)[O-])coc2c1C. The predicted octanol–water partition coefficient (Wildman–Crippen LogP) is 1.65. The minimum atomic E-state index is -1.08. The van der Waals surface area contributed by atoms with Crippen LogP contribution in [0.4, 0.5) is 0 Å². The van der Waals surface area contributed by atoms with Crippen molar-refractivity contribution in [2.24, 2.45) is 0 Å². The molecule has 0 aliphatic heterocycles. The molecule has 1 aromatic heterocycles. The number of benzene rings is 1. The van der Waals surface area contributed by atoms with E-state index in [-0.39, 0.29) is 6.42 Å². The number of aliphatic carboxylic acids is 1. The minimum absolute atomic E-state index is 0.101. The second-order valence-corrected chi connectivity index (χ2v) is 4.15. The maximum absolute atomic E-state index is 10.6. The summed E-state index contributed by atoms with van der Waals surface area (Å²) in [5.74, 6) is -1.08. The first kappa shape index (κ1) is 10.7. The Kier molecular flexibility index (Phi) is 2.46. The number of carbonyl (C=O) groups excluding carboxylic acids is 1. The van der Waals surface area contributed by atoms with Crippen molar-refractivity contribution in [3.63, 3.8) is 0 Å². The van der Waals surface area contributed by atoms with E-state index in [9.17, 15) is 9.90 Å². The lowest BCUT2D eigenvalue weighted by Gasteiger charge is -2.06. The minimum Gasteiger partial charge on any atom is -0.550 e. The maximum Gasteiger partial charge on any atom is 0.137 e. The number of hydrogen-bond acceptors (Lipinski definition) is 3. The quantitative estimate of drug-likeness (QED) is 0.768. The molecular weight excluding hydrogens is 204 g/mol. The van der Waals surface area contributed by atoms with Gasteiger partial charge in [-0.3, -0.25) is 0 Å². The van der Waals surface area contributed by atoms with E-state index in [4.69, 9.17) is 4.42 Å². The summed E-state index contributed by atoms with van der Waals surface area (Å²) in [5, 5.41) is 11.5. The third-order valence-corrected chi connectivity index (χ3v) is 2.96. The normalized spacial score (nSPS) is 10.9. The summed E-state index contributed by atoms with van der Waals surface area (Å²) < 4.78 is 5.45. The van der Waals surface area contributed by atoms with E-state index in [0.29, 0.717) is 5.56 Å². The third-order valence-electron chi connectivity index (χ3n) is 2.96. The van der Waals surface area contributed by atoms with Crippen LogP contribution in [0.5, 0.6) is 0 Å². The summed E-state index contributed by atoms with van der Waals surface area (Å²) in [7, 11) is 0. The highest BCUT2D eigenvalue weighted by atomic mass is 16.4. The molecular formula is C13H13O3-. The van der Waals surface area contributed by atoms with Crippen molar-refractivity contribution in [2.45, 2.75) is 27.2 Å². The van der Waals surface area contributed by atoms with Gasteiger partial charge < -0.3 is 14.3 Å². The van der Waals surface area contributed by atoms with E-state index in [0.717, 1.165) is 27.7 Å². The first-order chi connectivity index (χ1) is 7.50. The highest BCUT2D eigenvalue weighted by Gasteiger charge is 2.12. The number of rotatable bonds is 2. The number of hydrogen-bond donors (Lipinski definition) is 0. The van der Waals surface area contributed by atoms with Crippen molar-refractivity contribution in [3.8, 4) is 0 Å². The molecule has 0 amide bonds. The van der Waals surface area contributed by atoms with Gasteiger partial charge in [-0.15, -0.1) is 0 Å². The summed E-state index contributed by atoms with van der Waals surface area (Å²) in [6.45, 7) is 5.95. The topological polar surface area (TPSA) is 53.3 Å². The van der Waals surface area contributed by atoms with Crippen LogP contribution in [0.15, 0.2) is 16.7 Å². The van der Waals surface area contributed by atoms with E-state index in [1.807, 2.05) is 26.8 Å². The number of furan rings is 1. The molecule has 0 saturated heterocycles. The Labute approximate surface area is 93.7 Å². The molecule has 1 aromatic carbocycles. The molecule has 0 fully saturated rings. The fraction of sp³-hybridized carbons (Fsp3) is 0.308. The van der Waals surface area contributed by atoms with E-state index in [2.05, 4.69) is 0 Å². The Bertz CT molecular complexity index is 564. The molecule has 16 heavy (non-hydrogen) atoms. The molecule has 0 unspecified atom stereocenters.